The molecule has 2 aromatic rings. The molecule has 0 aliphatic carbocycles. The third kappa shape index (κ3) is 2.22. The van der Waals surface area contributed by atoms with E-state index in [-0.39, 0.29) is 11.7 Å². The molecule has 0 fully saturated rings. The van der Waals surface area contributed by atoms with Crippen LogP contribution in [0.1, 0.15) is 23.5 Å². The van der Waals surface area contributed by atoms with Gasteiger partial charge >= 0.3 is 0 Å². The lowest BCUT2D eigenvalue weighted by atomic mass is 10.1. The molecule has 2 rings (SSSR count). The smallest absolute Gasteiger partial charge is 0.175 e. The van der Waals surface area contributed by atoms with Gasteiger partial charge in [-0.25, -0.2) is 0 Å². The lowest BCUT2D eigenvalue weighted by molar-refractivity contribution is 0.0943. The van der Waals surface area contributed by atoms with Crippen molar-refractivity contribution in [2.24, 2.45) is 5.92 Å². The molecule has 0 amide bonds. The van der Waals surface area contributed by atoms with Crippen molar-refractivity contribution in [3.63, 3.8) is 0 Å². The topological polar surface area (TPSA) is 17.1 Å². The normalized spacial score (nSPS) is 10.7. The van der Waals surface area contributed by atoms with Gasteiger partial charge in [0.1, 0.15) is 0 Å². The Morgan fingerprint density at radius 3 is 2.44 bits per heavy atom. The molecule has 82 valence electrons. The monoisotopic (exact) mass is 230 g/mol. The summed E-state index contributed by atoms with van der Waals surface area (Å²) in [7, 11) is 0. The molecule has 0 saturated carbocycles. The van der Waals surface area contributed by atoms with Gasteiger partial charge in [-0.3, -0.25) is 4.79 Å². The molecule has 0 aliphatic rings. The van der Waals surface area contributed by atoms with E-state index in [1.807, 2.05) is 43.5 Å². The minimum atomic E-state index is 0.0715. The fourth-order valence-electron chi connectivity index (χ4n) is 1.53. The van der Waals surface area contributed by atoms with Crippen molar-refractivity contribution in [2.75, 3.05) is 0 Å². The van der Waals surface area contributed by atoms with Crippen molar-refractivity contribution < 1.29 is 4.79 Å². The fourth-order valence-corrected chi connectivity index (χ4v) is 2.54. The van der Waals surface area contributed by atoms with Crippen molar-refractivity contribution in [3.05, 3.63) is 46.7 Å². The number of benzene rings is 1. The van der Waals surface area contributed by atoms with E-state index in [0.717, 1.165) is 10.4 Å². The van der Waals surface area contributed by atoms with Gasteiger partial charge < -0.3 is 0 Å². The maximum Gasteiger partial charge on any atom is 0.175 e. The molecule has 1 aromatic carbocycles. The number of carbonyl (C=O) groups excluding carboxylic acids is 1. The van der Waals surface area contributed by atoms with Crippen molar-refractivity contribution in [2.45, 2.75) is 13.8 Å². The van der Waals surface area contributed by atoms with Gasteiger partial charge in [0.15, 0.2) is 5.78 Å². The average molecular weight is 230 g/mol. The van der Waals surface area contributed by atoms with Gasteiger partial charge in [-0.1, -0.05) is 44.2 Å². The Balaban J connectivity index is 2.30. The molecule has 0 bridgehead atoms. The van der Waals surface area contributed by atoms with Crippen LogP contribution >= 0.6 is 11.3 Å². The quantitative estimate of drug-likeness (QED) is 0.720. The average Bonchev–Trinajstić information content (AvgIpc) is 2.78. The molecule has 0 aliphatic heterocycles. The molecule has 0 spiro atoms. The SMILES string of the molecule is CC(C)C(=O)c1cc(-c2ccccc2)cs1. The fraction of sp³-hybridized carbons (Fsp3) is 0.214. The summed E-state index contributed by atoms with van der Waals surface area (Å²) in [6.45, 7) is 3.87. The Morgan fingerprint density at radius 1 is 1.12 bits per heavy atom. The molecule has 0 atom stereocenters. The molecule has 1 aromatic heterocycles. The minimum Gasteiger partial charge on any atom is -0.293 e. The zero-order valence-corrected chi connectivity index (χ0v) is 10.3. The van der Waals surface area contributed by atoms with Crippen LogP contribution in [0.25, 0.3) is 11.1 Å². The van der Waals surface area contributed by atoms with E-state index in [1.54, 1.807) is 0 Å². The van der Waals surface area contributed by atoms with Gasteiger partial charge in [-0.05, 0) is 22.6 Å². The van der Waals surface area contributed by atoms with E-state index in [2.05, 4.69) is 12.1 Å². The first-order chi connectivity index (χ1) is 7.68. The second kappa shape index (κ2) is 4.62. The largest absolute Gasteiger partial charge is 0.293 e. The number of thiophene rings is 1. The Hall–Kier alpha value is -1.41. The number of ketones is 1. The number of Topliss-reactive ketones (excluding diaryl/α,β-unsaturated/α-hetero) is 1. The van der Waals surface area contributed by atoms with Crippen molar-refractivity contribution in [1.82, 2.24) is 0 Å². The Kier molecular flexibility index (Phi) is 3.20. The number of carbonyl (C=O) groups is 1. The molecule has 0 saturated heterocycles. The van der Waals surface area contributed by atoms with Gasteiger partial charge in [0.25, 0.3) is 0 Å². The molecular formula is C14H14OS. The number of hydrogen-bond donors (Lipinski definition) is 0. The van der Waals surface area contributed by atoms with Gasteiger partial charge in [-0.2, -0.15) is 0 Å². The Bertz CT molecular complexity index is 482. The highest BCUT2D eigenvalue weighted by Crippen LogP contribution is 2.26. The van der Waals surface area contributed by atoms with Crippen LogP contribution in [0.4, 0.5) is 0 Å². The van der Waals surface area contributed by atoms with Crippen LogP contribution in [0.5, 0.6) is 0 Å². The van der Waals surface area contributed by atoms with E-state index in [9.17, 15) is 4.79 Å². The zero-order valence-electron chi connectivity index (χ0n) is 9.44. The predicted molar refractivity (Wildman–Crippen MR) is 68.9 cm³/mol. The first kappa shape index (κ1) is 11.1. The van der Waals surface area contributed by atoms with E-state index >= 15 is 0 Å². The van der Waals surface area contributed by atoms with Crippen LogP contribution in [-0.4, -0.2) is 5.78 Å². The molecule has 2 heteroatoms. The lowest BCUT2D eigenvalue weighted by Gasteiger charge is -1.99. The summed E-state index contributed by atoms with van der Waals surface area (Å²) in [5, 5.41) is 2.05. The van der Waals surface area contributed by atoms with Crippen LogP contribution in [0.2, 0.25) is 0 Å². The molecule has 1 nitrogen and oxygen atoms in total. The van der Waals surface area contributed by atoms with Crippen LogP contribution in [-0.2, 0) is 0 Å². The van der Waals surface area contributed by atoms with Crippen LogP contribution in [0.3, 0.4) is 0 Å². The summed E-state index contributed by atoms with van der Waals surface area (Å²) in [6, 6.07) is 12.1. The van der Waals surface area contributed by atoms with Crippen molar-refractivity contribution in [1.29, 1.82) is 0 Å². The predicted octanol–water partition coefficient (Wildman–Crippen LogP) is 4.25. The van der Waals surface area contributed by atoms with E-state index in [4.69, 9.17) is 0 Å². The summed E-state index contributed by atoms with van der Waals surface area (Å²) in [5.74, 6) is 0.300. The molecule has 0 unspecified atom stereocenters. The maximum absolute atomic E-state index is 11.8. The summed E-state index contributed by atoms with van der Waals surface area (Å²) >= 11 is 1.53. The van der Waals surface area contributed by atoms with Crippen LogP contribution in [0.15, 0.2) is 41.8 Å². The summed E-state index contributed by atoms with van der Waals surface area (Å²) in [6.07, 6.45) is 0. The highest BCUT2D eigenvalue weighted by molar-refractivity contribution is 7.12. The van der Waals surface area contributed by atoms with Crippen LogP contribution < -0.4 is 0 Å². The summed E-state index contributed by atoms with van der Waals surface area (Å²) < 4.78 is 0. The van der Waals surface area contributed by atoms with E-state index in [0.29, 0.717) is 0 Å². The first-order valence-electron chi connectivity index (χ1n) is 5.36. The third-order valence-corrected chi connectivity index (χ3v) is 3.42. The van der Waals surface area contributed by atoms with Crippen molar-refractivity contribution >= 4 is 17.1 Å². The van der Waals surface area contributed by atoms with Crippen LogP contribution in [0, 0.1) is 5.92 Å². The third-order valence-electron chi connectivity index (χ3n) is 2.47. The Labute approximate surface area is 99.8 Å². The summed E-state index contributed by atoms with van der Waals surface area (Å²) in [5.41, 5.74) is 2.30. The number of hydrogen-bond acceptors (Lipinski definition) is 2. The highest BCUT2D eigenvalue weighted by Gasteiger charge is 2.13. The highest BCUT2D eigenvalue weighted by atomic mass is 32.1. The maximum atomic E-state index is 11.8. The molecule has 0 radical (unpaired) electrons. The zero-order chi connectivity index (χ0) is 11.5. The summed E-state index contributed by atoms with van der Waals surface area (Å²) in [4.78, 5) is 12.7. The second-order valence-electron chi connectivity index (χ2n) is 4.08. The van der Waals surface area contributed by atoms with Crippen molar-refractivity contribution in [3.8, 4) is 11.1 Å². The minimum absolute atomic E-state index is 0.0715. The molecule has 16 heavy (non-hydrogen) atoms. The first-order valence-corrected chi connectivity index (χ1v) is 6.24. The lowest BCUT2D eigenvalue weighted by Crippen LogP contribution is -2.04. The molecule has 1 heterocycles. The Morgan fingerprint density at radius 2 is 1.81 bits per heavy atom. The second-order valence-corrected chi connectivity index (χ2v) is 5.00. The number of rotatable bonds is 3. The van der Waals surface area contributed by atoms with E-state index in [1.165, 1.54) is 16.9 Å². The van der Waals surface area contributed by atoms with E-state index < -0.39 is 0 Å². The van der Waals surface area contributed by atoms with Gasteiger partial charge in [0, 0.05) is 5.92 Å². The standard InChI is InChI=1S/C14H14OS/c1-10(2)14(15)13-8-12(9-16-13)11-6-4-3-5-7-11/h3-10H,1-2H3. The van der Waals surface area contributed by atoms with Gasteiger partial charge in [-0.15, -0.1) is 11.3 Å². The molecular weight excluding hydrogens is 216 g/mol. The van der Waals surface area contributed by atoms with Gasteiger partial charge in [0.05, 0.1) is 4.88 Å². The van der Waals surface area contributed by atoms with Gasteiger partial charge in [0.2, 0.25) is 0 Å². The molecule has 0 N–H and O–H groups in total.